The molecule has 0 spiro atoms. The largest absolute Gasteiger partial charge is 0.481 e. The molecule has 4 aromatic heterocycles. The number of carbonyl (C=O) groups is 6. The van der Waals surface area contributed by atoms with Gasteiger partial charge in [0.05, 0.1) is 92.2 Å². The standard InChI is InChI=1S/C42H49N7O5.C36H39N5O2.C8H14O4/c1-25(2)36(47-40(51)53-6)39(50)48-21-9-13-34(48)37-43-23-32(45-37)27-17-15-26(16-18-27)28-19-20-31(30-12-8-7-11-29(28)30)33-24-44-38(46-33)35-14-10-22-49(35)41(52)54-42(3,4)5;1-36(2,3)43-35(42)41-20-8-13-32(41)34-38-22-31(40-34)29-19-18-26(27-11-6-7-12-28(27)29)23-14-16-24(17-15-23)30-21-37-33(39-30)25-9-4-5-10-25;1-5(2)6(8(10)11)4-7(9)12-3/h7-8,11-12,15-20,23-25,34-36H,9-10,13-14,21-22H2,1-6H3,(H,43,45)(H,44,46)(H,47,51);6-7,11-12,14-19,21-22,25,32H,4-5,8-10,13,20H2,1-3H3,(H,37,39)(H,38,40);5-6H,4H2,1-3H3,(H,10,11)/t34-,35-,36-;32-;6-/m000/s1. The van der Waals surface area contributed by atoms with Gasteiger partial charge in [0.2, 0.25) is 5.91 Å². The highest BCUT2D eigenvalue weighted by atomic mass is 16.6. The Morgan fingerprint density at radius 3 is 1.22 bits per heavy atom. The number of amides is 4. The molecule has 5 atom stereocenters. The van der Waals surface area contributed by atoms with E-state index in [-0.39, 0.29) is 54.5 Å². The van der Waals surface area contributed by atoms with E-state index in [9.17, 15) is 28.8 Å². The molecule has 3 aliphatic heterocycles. The number of carboxylic acids is 1. The van der Waals surface area contributed by atoms with Crippen molar-refractivity contribution in [1.82, 2.24) is 59.9 Å². The van der Waals surface area contributed by atoms with Crippen molar-refractivity contribution in [2.75, 3.05) is 33.9 Å². The van der Waals surface area contributed by atoms with Gasteiger partial charge in [-0.25, -0.2) is 34.3 Å². The first kappa shape index (κ1) is 77.5. The molecule has 7 heterocycles. The van der Waals surface area contributed by atoms with Crippen molar-refractivity contribution in [2.45, 2.75) is 181 Å². The number of aromatic amines is 4. The summed E-state index contributed by atoms with van der Waals surface area (Å²) in [5.41, 5.74) is 11.5. The van der Waals surface area contributed by atoms with Gasteiger partial charge in [0.15, 0.2) is 0 Å². The Hall–Kier alpha value is -11.1. The van der Waals surface area contributed by atoms with Gasteiger partial charge in [0.1, 0.15) is 40.5 Å². The number of carboxylic acid groups (broad SMARTS) is 1. The lowest BCUT2D eigenvalue weighted by atomic mass is 9.93. The molecule has 23 nitrogen and oxygen atoms in total. The summed E-state index contributed by atoms with van der Waals surface area (Å²) >= 11 is 0. The number of hydrogen-bond acceptors (Lipinski definition) is 14. The van der Waals surface area contributed by atoms with E-state index in [2.05, 4.69) is 145 Å². The molecule has 4 aliphatic rings. The van der Waals surface area contributed by atoms with Crippen LogP contribution in [0, 0.1) is 17.8 Å². The number of nitrogens with zero attached hydrogens (tertiary/aromatic N) is 7. The second-order valence-corrected chi connectivity index (χ2v) is 31.5. The monoisotopic (exact) mass is 1480 g/mol. The van der Waals surface area contributed by atoms with Crippen molar-refractivity contribution < 1.29 is 52.8 Å². The first-order chi connectivity index (χ1) is 52.2. The van der Waals surface area contributed by atoms with E-state index in [0.717, 1.165) is 134 Å². The summed E-state index contributed by atoms with van der Waals surface area (Å²) in [6.07, 6.45) is 16.5. The molecule has 1 saturated carbocycles. The number of nitrogens with one attached hydrogen (secondary N) is 5. The maximum Gasteiger partial charge on any atom is 0.410 e. The van der Waals surface area contributed by atoms with E-state index in [4.69, 9.17) is 39.3 Å². The fourth-order valence-electron chi connectivity index (χ4n) is 15.3. The molecule has 3 saturated heterocycles. The van der Waals surface area contributed by atoms with E-state index < -0.39 is 41.2 Å². The number of imidazole rings is 4. The molecule has 0 bridgehead atoms. The van der Waals surface area contributed by atoms with Gasteiger partial charge in [-0.05, 0) is 160 Å². The number of ether oxygens (including phenoxy) is 4. The number of fused-ring (bicyclic) bond motifs is 2. The van der Waals surface area contributed by atoms with Crippen LogP contribution in [0.1, 0.15) is 187 Å². The summed E-state index contributed by atoms with van der Waals surface area (Å²) in [6.45, 7) is 20.6. The topological polar surface area (TPSA) is 296 Å². The van der Waals surface area contributed by atoms with Gasteiger partial charge in [0.25, 0.3) is 0 Å². The summed E-state index contributed by atoms with van der Waals surface area (Å²) in [4.78, 5) is 111. The highest BCUT2D eigenvalue weighted by molar-refractivity contribution is 6.06. The van der Waals surface area contributed by atoms with Crippen LogP contribution in [0.15, 0.2) is 146 Å². The molecule has 0 radical (unpaired) electrons. The lowest BCUT2D eigenvalue weighted by Gasteiger charge is -2.30. The molecular formula is C86H102N12O11. The Balaban J connectivity index is 0.000000180. The van der Waals surface area contributed by atoms with Crippen molar-refractivity contribution in [1.29, 1.82) is 0 Å². The summed E-state index contributed by atoms with van der Waals surface area (Å²) in [6, 6.07) is 41.6. The molecule has 14 rings (SSSR count). The second-order valence-electron chi connectivity index (χ2n) is 31.5. The number of aromatic nitrogens is 8. The minimum absolute atomic E-state index is 0.0521. The van der Waals surface area contributed by atoms with E-state index in [1.54, 1.807) is 23.6 Å². The van der Waals surface area contributed by atoms with Crippen LogP contribution >= 0.6 is 0 Å². The third-order valence-electron chi connectivity index (χ3n) is 20.9. The fourth-order valence-corrected chi connectivity index (χ4v) is 15.3. The average Bonchev–Trinajstić information content (AvgIpc) is 1.76. The molecule has 23 heteroatoms. The summed E-state index contributed by atoms with van der Waals surface area (Å²) in [5, 5.41) is 15.9. The van der Waals surface area contributed by atoms with Gasteiger partial charge in [0, 0.05) is 36.7 Å². The Kier molecular flexibility index (Phi) is 23.9. The van der Waals surface area contributed by atoms with Crippen LogP contribution in [0.25, 0.3) is 88.8 Å². The maximum atomic E-state index is 13.6. The number of benzene rings is 6. The van der Waals surface area contributed by atoms with Crippen molar-refractivity contribution in [3.05, 3.63) is 169 Å². The van der Waals surface area contributed by atoms with Crippen LogP contribution < -0.4 is 5.32 Å². The number of aliphatic carboxylic acids is 1. The lowest BCUT2D eigenvalue weighted by Crippen LogP contribution is -2.51. The Morgan fingerprint density at radius 1 is 0.459 bits per heavy atom. The predicted octanol–water partition coefficient (Wildman–Crippen LogP) is 18.3. The van der Waals surface area contributed by atoms with Gasteiger partial charge < -0.3 is 54.2 Å². The smallest absolute Gasteiger partial charge is 0.410 e. The number of alkyl carbamates (subject to hydrolysis) is 1. The fraction of sp³-hybridized carbons (Fsp3) is 0.419. The molecule has 572 valence electrons. The number of likely N-dealkylation sites (tertiary alicyclic amines) is 3. The van der Waals surface area contributed by atoms with E-state index in [0.29, 0.717) is 25.6 Å². The highest BCUT2D eigenvalue weighted by Gasteiger charge is 2.40. The maximum absolute atomic E-state index is 13.6. The number of esters is 1. The molecule has 4 fully saturated rings. The molecule has 109 heavy (non-hydrogen) atoms. The Morgan fingerprint density at radius 2 is 0.826 bits per heavy atom. The molecule has 0 unspecified atom stereocenters. The number of hydrogen-bond donors (Lipinski definition) is 6. The zero-order valence-corrected chi connectivity index (χ0v) is 64.5. The van der Waals surface area contributed by atoms with Crippen LogP contribution in [-0.4, -0.2) is 147 Å². The van der Waals surface area contributed by atoms with E-state index >= 15 is 0 Å². The minimum Gasteiger partial charge on any atom is -0.481 e. The molecule has 6 aromatic carbocycles. The van der Waals surface area contributed by atoms with Gasteiger partial charge >= 0.3 is 30.2 Å². The molecule has 4 amide bonds. The zero-order chi connectivity index (χ0) is 77.4. The van der Waals surface area contributed by atoms with Crippen molar-refractivity contribution in [3.63, 3.8) is 0 Å². The molecule has 1 aliphatic carbocycles. The van der Waals surface area contributed by atoms with Gasteiger partial charge in [-0.2, -0.15) is 0 Å². The van der Waals surface area contributed by atoms with Crippen LogP contribution in [0.3, 0.4) is 0 Å². The summed E-state index contributed by atoms with van der Waals surface area (Å²) < 4.78 is 20.5. The van der Waals surface area contributed by atoms with Crippen LogP contribution in [0.4, 0.5) is 14.4 Å². The van der Waals surface area contributed by atoms with Crippen molar-refractivity contribution in [3.8, 4) is 67.3 Å². The number of methoxy groups -OCH3 is 2. The molecule has 6 N–H and O–H groups in total. The average molecular weight is 1480 g/mol. The van der Waals surface area contributed by atoms with Gasteiger partial charge in [-0.1, -0.05) is 162 Å². The highest BCUT2D eigenvalue weighted by Crippen LogP contribution is 2.42. The SMILES string of the molecule is CC(C)(C)OC(=O)N1CCC[C@H]1c1ncc(-c2ccc(-c3ccc(-c4cnc(C5CCCC5)[nH]4)cc3)c3ccccc23)[nH]1.COC(=O)C[C@H](C(=O)O)C(C)C.COC(=O)N[C@H](C(=O)N1CCC[C@H]1c1ncc(-c2ccc(-c3ccc(-c4cnc([C@@H]5CCCN5C(=O)OC(C)(C)C)[nH]4)c4ccccc34)cc2)[nH]1)C(C)C. The predicted molar refractivity (Wildman–Crippen MR) is 421 cm³/mol. The first-order valence-corrected chi connectivity index (χ1v) is 38.1. The van der Waals surface area contributed by atoms with Crippen LogP contribution in [-0.2, 0) is 33.3 Å². The minimum atomic E-state index is -0.949. The van der Waals surface area contributed by atoms with Crippen molar-refractivity contribution in [2.24, 2.45) is 17.8 Å². The van der Waals surface area contributed by atoms with E-state index in [1.807, 2.05) is 91.1 Å². The third-order valence-corrected chi connectivity index (χ3v) is 20.9. The first-order valence-electron chi connectivity index (χ1n) is 38.1. The van der Waals surface area contributed by atoms with Crippen LogP contribution in [0.2, 0.25) is 0 Å². The van der Waals surface area contributed by atoms with Crippen molar-refractivity contribution >= 4 is 57.7 Å². The van der Waals surface area contributed by atoms with Crippen LogP contribution in [0.5, 0.6) is 0 Å². The van der Waals surface area contributed by atoms with Gasteiger partial charge in [-0.15, -0.1) is 0 Å². The van der Waals surface area contributed by atoms with Gasteiger partial charge in [-0.3, -0.25) is 24.2 Å². The summed E-state index contributed by atoms with van der Waals surface area (Å²) in [7, 11) is 2.55. The normalized spacial score (nSPS) is 17.3. The number of H-pyrrole nitrogens is 4. The second kappa shape index (κ2) is 33.6. The quantitative estimate of drug-likeness (QED) is 0.0365. The Bertz CT molecular complexity index is 4860. The number of rotatable bonds is 17. The number of carbonyl (C=O) groups excluding carboxylic acids is 5. The molecule has 10 aromatic rings. The third kappa shape index (κ3) is 18.0. The summed E-state index contributed by atoms with van der Waals surface area (Å²) in [5.74, 6) is 1.65. The Labute approximate surface area is 636 Å². The zero-order valence-electron chi connectivity index (χ0n) is 64.5. The molecular weight excluding hydrogens is 1380 g/mol. The van der Waals surface area contributed by atoms with E-state index in [1.165, 1.54) is 56.4 Å². The lowest BCUT2D eigenvalue weighted by molar-refractivity contribution is -0.151.